The SMILES string of the molecule is CC.CC.COOC(C)CCSC. The Morgan fingerprint density at radius 2 is 1.62 bits per heavy atom. The van der Waals surface area contributed by atoms with Crippen LogP contribution in [0.15, 0.2) is 0 Å². The van der Waals surface area contributed by atoms with Crippen molar-refractivity contribution in [2.45, 2.75) is 47.1 Å². The Hall–Kier alpha value is 0.270. The molecule has 1 atom stereocenters. The zero-order chi connectivity index (χ0) is 11.1. The molecule has 0 aromatic rings. The molecule has 0 aliphatic rings. The van der Waals surface area contributed by atoms with Crippen molar-refractivity contribution in [1.82, 2.24) is 0 Å². The van der Waals surface area contributed by atoms with Gasteiger partial charge in [0.15, 0.2) is 0 Å². The molecule has 0 heterocycles. The average molecular weight is 210 g/mol. The molecule has 0 saturated heterocycles. The van der Waals surface area contributed by atoms with Gasteiger partial charge in [0.25, 0.3) is 0 Å². The highest BCUT2D eigenvalue weighted by Crippen LogP contribution is 2.02. The largest absolute Gasteiger partial charge is 0.240 e. The summed E-state index contributed by atoms with van der Waals surface area (Å²) in [5.74, 6) is 1.13. The maximum absolute atomic E-state index is 4.83. The van der Waals surface area contributed by atoms with Gasteiger partial charge in [-0.2, -0.15) is 11.8 Å². The molecule has 0 fully saturated rings. The maximum Gasteiger partial charge on any atom is 0.0909 e. The lowest BCUT2D eigenvalue weighted by molar-refractivity contribution is -0.300. The number of thioether (sulfide) groups is 1. The lowest BCUT2D eigenvalue weighted by Gasteiger charge is -2.07. The monoisotopic (exact) mass is 210 g/mol. The van der Waals surface area contributed by atoms with Crippen LogP contribution in [0.1, 0.15) is 41.0 Å². The van der Waals surface area contributed by atoms with Crippen molar-refractivity contribution in [2.24, 2.45) is 0 Å². The summed E-state index contributed by atoms with van der Waals surface area (Å²) in [7, 11) is 1.54. The fourth-order valence-corrected chi connectivity index (χ4v) is 1.06. The first-order valence-corrected chi connectivity index (χ1v) is 6.39. The van der Waals surface area contributed by atoms with Crippen LogP contribution in [0, 0.1) is 0 Å². The Kier molecular flexibility index (Phi) is 33.2. The third-order valence-corrected chi connectivity index (χ3v) is 1.63. The van der Waals surface area contributed by atoms with Gasteiger partial charge in [-0.1, -0.05) is 27.7 Å². The van der Waals surface area contributed by atoms with Crippen LogP contribution in [0.3, 0.4) is 0 Å². The second-order valence-corrected chi connectivity index (χ2v) is 2.84. The zero-order valence-electron chi connectivity index (χ0n) is 10.2. The fraction of sp³-hybridized carbons (Fsp3) is 1.00. The van der Waals surface area contributed by atoms with E-state index >= 15 is 0 Å². The van der Waals surface area contributed by atoms with Gasteiger partial charge in [0.2, 0.25) is 0 Å². The molecule has 0 saturated carbocycles. The average Bonchev–Trinajstić information content (AvgIpc) is 2.21. The second kappa shape index (κ2) is 22.8. The van der Waals surface area contributed by atoms with Gasteiger partial charge in [-0.05, 0) is 25.4 Å². The Labute approximate surface area is 88.3 Å². The summed E-state index contributed by atoms with van der Waals surface area (Å²) in [4.78, 5) is 9.32. The lowest BCUT2D eigenvalue weighted by atomic mass is 10.3. The van der Waals surface area contributed by atoms with E-state index in [0.717, 1.165) is 12.2 Å². The van der Waals surface area contributed by atoms with E-state index in [1.807, 2.05) is 46.4 Å². The first-order chi connectivity index (χ1) is 6.31. The summed E-state index contributed by atoms with van der Waals surface area (Å²) < 4.78 is 0. The molecule has 13 heavy (non-hydrogen) atoms. The normalized spacial score (nSPS) is 10.4. The standard InChI is InChI=1S/C6H14O2S.2C2H6/c1-6(8-7-2)4-5-9-3;2*1-2/h6H,4-5H2,1-3H3;2*1-2H3. The van der Waals surface area contributed by atoms with Crippen LogP contribution < -0.4 is 0 Å². The van der Waals surface area contributed by atoms with Crippen LogP contribution in [-0.4, -0.2) is 25.2 Å². The Morgan fingerprint density at radius 3 is 1.92 bits per heavy atom. The topological polar surface area (TPSA) is 18.5 Å². The summed E-state index contributed by atoms with van der Waals surface area (Å²) in [6, 6.07) is 0. The van der Waals surface area contributed by atoms with E-state index in [2.05, 4.69) is 11.1 Å². The molecule has 0 aromatic heterocycles. The molecular weight excluding hydrogens is 184 g/mol. The fourth-order valence-electron chi connectivity index (χ4n) is 0.496. The summed E-state index contributed by atoms with van der Waals surface area (Å²) in [6.07, 6.45) is 3.36. The van der Waals surface area contributed by atoms with Crippen LogP contribution in [0.25, 0.3) is 0 Å². The molecule has 0 bridgehead atoms. The predicted molar refractivity (Wildman–Crippen MR) is 63.3 cm³/mol. The smallest absolute Gasteiger partial charge is 0.0909 e. The molecule has 3 heteroatoms. The van der Waals surface area contributed by atoms with Crippen molar-refractivity contribution in [3.63, 3.8) is 0 Å². The minimum Gasteiger partial charge on any atom is -0.240 e. The van der Waals surface area contributed by atoms with Crippen molar-refractivity contribution in [3.8, 4) is 0 Å². The summed E-state index contributed by atoms with van der Waals surface area (Å²) >= 11 is 1.82. The molecule has 2 nitrogen and oxygen atoms in total. The third-order valence-electron chi connectivity index (χ3n) is 0.989. The first kappa shape index (κ1) is 18.9. The molecule has 0 radical (unpaired) electrons. The predicted octanol–water partition coefficient (Wildman–Crippen LogP) is 3.76. The highest BCUT2D eigenvalue weighted by Gasteiger charge is 1.99. The van der Waals surface area contributed by atoms with E-state index in [-0.39, 0.29) is 6.10 Å². The van der Waals surface area contributed by atoms with Gasteiger partial charge in [-0.25, -0.2) is 9.78 Å². The summed E-state index contributed by atoms with van der Waals surface area (Å²) in [6.45, 7) is 10.00. The van der Waals surface area contributed by atoms with Crippen LogP contribution in [0.2, 0.25) is 0 Å². The third kappa shape index (κ3) is 24.5. The molecule has 84 valence electrons. The van der Waals surface area contributed by atoms with E-state index in [1.165, 1.54) is 7.11 Å². The van der Waals surface area contributed by atoms with Crippen LogP contribution in [-0.2, 0) is 9.78 Å². The molecule has 0 spiro atoms. The van der Waals surface area contributed by atoms with Gasteiger partial charge >= 0.3 is 0 Å². The van der Waals surface area contributed by atoms with Crippen LogP contribution >= 0.6 is 11.8 Å². The number of hydrogen-bond acceptors (Lipinski definition) is 3. The Bertz CT molecular complexity index is 60.9. The Morgan fingerprint density at radius 1 is 1.15 bits per heavy atom. The zero-order valence-corrected chi connectivity index (χ0v) is 11.0. The van der Waals surface area contributed by atoms with E-state index < -0.39 is 0 Å². The van der Waals surface area contributed by atoms with E-state index in [0.29, 0.717) is 0 Å². The lowest BCUT2D eigenvalue weighted by Crippen LogP contribution is -2.07. The van der Waals surface area contributed by atoms with E-state index in [4.69, 9.17) is 4.89 Å². The molecule has 0 amide bonds. The Balaban J connectivity index is -0.000000218. The van der Waals surface area contributed by atoms with Crippen LogP contribution in [0.4, 0.5) is 0 Å². The highest BCUT2D eigenvalue weighted by atomic mass is 32.2. The summed E-state index contributed by atoms with van der Waals surface area (Å²) in [5.41, 5.74) is 0. The maximum atomic E-state index is 4.83. The van der Waals surface area contributed by atoms with Gasteiger partial charge in [0.05, 0.1) is 13.2 Å². The first-order valence-electron chi connectivity index (χ1n) is 4.99. The minimum absolute atomic E-state index is 0.224. The van der Waals surface area contributed by atoms with Gasteiger partial charge in [-0.15, -0.1) is 0 Å². The van der Waals surface area contributed by atoms with Crippen molar-refractivity contribution in [3.05, 3.63) is 0 Å². The molecule has 0 aromatic carbocycles. The van der Waals surface area contributed by atoms with Gasteiger partial charge in [0.1, 0.15) is 0 Å². The van der Waals surface area contributed by atoms with Gasteiger partial charge in [0, 0.05) is 0 Å². The van der Waals surface area contributed by atoms with Crippen molar-refractivity contribution < 1.29 is 9.78 Å². The highest BCUT2D eigenvalue weighted by molar-refractivity contribution is 7.98. The van der Waals surface area contributed by atoms with Crippen LogP contribution in [0.5, 0.6) is 0 Å². The molecule has 0 rings (SSSR count). The second-order valence-electron chi connectivity index (χ2n) is 1.85. The molecule has 0 aliphatic heterocycles. The number of hydrogen-bond donors (Lipinski definition) is 0. The molecular formula is C10H26O2S. The van der Waals surface area contributed by atoms with Gasteiger partial charge in [-0.3, -0.25) is 0 Å². The quantitative estimate of drug-likeness (QED) is 0.508. The molecule has 0 aliphatic carbocycles. The van der Waals surface area contributed by atoms with E-state index in [9.17, 15) is 0 Å². The number of rotatable bonds is 5. The summed E-state index contributed by atoms with van der Waals surface area (Å²) in [5, 5.41) is 0. The van der Waals surface area contributed by atoms with Crippen molar-refractivity contribution >= 4 is 11.8 Å². The molecule has 1 unspecified atom stereocenters. The van der Waals surface area contributed by atoms with E-state index in [1.54, 1.807) is 0 Å². The van der Waals surface area contributed by atoms with Crippen molar-refractivity contribution in [2.75, 3.05) is 19.1 Å². The molecule has 0 N–H and O–H groups in total. The van der Waals surface area contributed by atoms with Crippen molar-refractivity contribution in [1.29, 1.82) is 0 Å². The minimum atomic E-state index is 0.224. The van der Waals surface area contributed by atoms with Gasteiger partial charge < -0.3 is 0 Å².